The summed E-state index contributed by atoms with van der Waals surface area (Å²) in [5, 5.41) is 12.5. The number of aryl methyl sites for hydroxylation is 1. The molecule has 0 atom stereocenters. The van der Waals surface area contributed by atoms with Crippen molar-refractivity contribution in [3.05, 3.63) is 48.5 Å². The molecule has 0 bridgehead atoms. The molecule has 6 N–H and O–H groups in total. The molecule has 206 valence electrons. The van der Waals surface area contributed by atoms with Crippen LogP contribution in [0.15, 0.2) is 43.0 Å². The van der Waals surface area contributed by atoms with Gasteiger partial charge >= 0.3 is 0 Å². The van der Waals surface area contributed by atoms with Crippen molar-refractivity contribution in [1.82, 2.24) is 29.8 Å². The Morgan fingerprint density at radius 2 is 1.71 bits per heavy atom. The summed E-state index contributed by atoms with van der Waals surface area (Å²) in [5.74, 6) is 1.16. The molecule has 1 amide bonds. The molecule has 0 aliphatic carbocycles. The van der Waals surface area contributed by atoms with Crippen molar-refractivity contribution in [2.45, 2.75) is 32.9 Å². The van der Waals surface area contributed by atoms with Crippen LogP contribution in [0.4, 0.5) is 23.5 Å². The minimum Gasteiger partial charge on any atom is -0.378 e. The Balaban J connectivity index is 1.49. The van der Waals surface area contributed by atoms with Crippen LogP contribution in [0, 0.1) is 0 Å². The van der Waals surface area contributed by atoms with Crippen LogP contribution in [-0.4, -0.2) is 82.5 Å². The Morgan fingerprint density at radius 1 is 0.974 bits per heavy atom. The number of nitrogens with two attached hydrogens (primary N) is 1. The highest BCUT2D eigenvalue weighted by molar-refractivity contribution is 5.94. The predicted octanol–water partition coefficient (Wildman–Crippen LogP) is 1.86. The van der Waals surface area contributed by atoms with Crippen LogP contribution in [0.1, 0.15) is 30.6 Å². The maximum atomic E-state index is 12.4. The van der Waals surface area contributed by atoms with Gasteiger partial charge in [-0.3, -0.25) is 4.79 Å². The Kier molecular flexibility index (Phi) is 12.2. The molecule has 2 heterocycles. The van der Waals surface area contributed by atoms with E-state index in [9.17, 15) is 4.79 Å². The first kappa shape index (κ1) is 28.8. The number of aromatic nitrogens is 5. The number of carbonyl (C=O) groups is 1. The van der Waals surface area contributed by atoms with Gasteiger partial charge in [0.2, 0.25) is 17.8 Å². The molecule has 38 heavy (non-hydrogen) atoms. The van der Waals surface area contributed by atoms with E-state index in [1.807, 2.05) is 24.6 Å². The summed E-state index contributed by atoms with van der Waals surface area (Å²) in [6.07, 6.45) is 6.38. The molecule has 0 radical (unpaired) electrons. The van der Waals surface area contributed by atoms with Gasteiger partial charge in [-0.05, 0) is 44.5 Å². The number of amides is 1. The van der Waals surface area contributed by atoms with E-state index >= 15 is 0 Å². The number of hydrogen-bond acceptors (Lipinski definition) is 11. The van der Waals surface area contributed by atoms with Gasteiger partial charge in [0.1, 0.15) is 0 Å². The van der Waals surface area contributed by atoms with Gasteiger partial charge in [0.25, 0.3) is 5.91 Å². The molecule has 0 aliphatic rings. The molecule has 0 spiro atoms. The Labute approximate surface area is 223 Å². The SMILES string of the molecule is CC(C)Nc1nc(NCCCn2ccnc2)nc(Nc2ccc(C(=O)NCCOCCOCCN)cc2)n1. The summed E-state index contributed by atoms with van der Waals surface area (Å²) >= 11 is 0. The number of imidazole rings is 1. The van der Waals surface area contributed by atoms with Gasteiger partial charge < -0.3 is 41.0 Å². The fraction of sp³-hybridized carbons (Fsp3) is 0.480. The van der Waals surface area contributed by atoms with E-state index in [1.54, 1.807) is 36.8 Å². The summed E-state index contributed by atoms with van der Waals surface area (Å²) in [4.78, 5) is 29.9. The number of hydrogen-bond donors (Lipinski definition) is 5. The first-order chi connectivity index (χ1) is 18.5. The third-order valence-corrected chi connectivity index (χ3v) is 5.06. The molecular formula is C25H38N10O3. The summed E-state index contributed by atoms with van der Waals surface area (Å²) in [5.41, 5.74) is 6.64. The second-order valence-electron chi connectivity index (χ2n) is 8.66. The quantitative estimate of drug-likeness (QED) is 0.154. The molecule has 13 nitrogen and oxygen atoms in total. The Hall–Kier alpha value is -3.81. The van der Waals surface area contributed by atoms with Gasteiger partial charge in [0.15, 0.2) is 0 Å². The fourth-order valence-corrected chi connectivity index (χ4v) is 3.29. The van der Waals surface area contributed by atoms with E-state index in [2.05, 4.69) is 41.2 Å². The average Bonchev–Trinajstić information content (AvgIpc) is 3.42. The molecule has 3 rings (SSSR count). The fourth-order valence-electron chi connectivity index (χ4n) is 3.29. The lowest BCUT2D eigenvalue weighted by molar-refractivity contribution is 0.0511. The zero-order valence-corrected chi connectivity index (χ0v) is 22.0. The van der Waals surface area contributed by atoms with E-state index in [4.69, 9.17) is 15.2 Å². The number of nitrogens with zero attached hydrogens (tertiary/aromatic N) is 5. The van der Waals surface area contributed by atoms with Crippen LogP contribution in [-0.2, 0) is 16.0 Å². The van der Waals surface area contributed by atoms with Gasteiger partial charge in [-0.1, -0.05) is 0 Å². The Bertz CT molecular complexity index is 1080. The number of nitrogens with one attached hydrogen (secondary N) is 4. The third kappa shape index (κ3) is 10.7. The van der Waals surface area contributed by atoms with Crippen molar-refractivity contribution in [3.8, 4) is 0 Å². The number of anilines is 4. The number of carbonyl (C=O) groups excluding carboxylic acids is 1. The highest BCUT2D eigenvalue weighted by Crippen LogP contribution is 2.17. The molecule has 0 aliphatic heterocycles. The summed E-state index contributed by atoms with van der Waals surface area (Å²) < 4.78 is 12.7. The first-order valence-electron chi connectivity index (χ1n) is 12.8. The van der Waals surface area contributed by atoms with Crippen LogP contribution in [0.5, 0.6) is 0 Å². The second kappa shape index (κ2) is 16.1. The van der Waals surface area contributed by atoms with Crippen molar-refractivity contribution < 1.29 is 14.3 Å². The zero-order chi connectivity index (χ0) is 27.0. The molecule has 2 aromatic heterocycles. The van der Waals surface area contributed by atoms with Crippen molar-refractivity contribution in [2.75, 3.05) is 62.0 Å². The van der Waals surface area contributed by atoms with Gasteiger partial charge in [0.05, 0.1) is 32.8 Å². The minimum atomic E-state index is -0.176. The molecule has 1 aromatic carbocycles. The Morgan fingerprint density at radius 3 is 2.42 bits per heavy atom. The van der Waals surface area contributed by atoms with E-state index in [0.717, 1.165) is 18.7 Å². The van der Waals surface area contributed by atoms with E-state index < -0.39 is 0 Å². The maximum absolute atomic E-state index is 12.4. The van der Waals surface area contributed by atoms with E-state index in [1.165, 1.54) is 0 Å². The summed E-state index contributed by atoms with van der Waals surface area (Å²) in [6, 6.07) is 7.24. The molecule has 0 saturated heterocycles. The van der Waals surface area contributed by atoms with Crippen LogP contribution in [0.3, 0.4) is 0 Å². The largest absolute Gasteiger partial charge is 0.378 e. The maximum Gasteiger partial charge on any atom is 0.251 e. The molecular weight excluding hydrogens is 488 g/mol. The van der Waals surface area contributed by atoms with Gasteiger partial charge in [-0.15, -0.1) is 0 Å². The average molecular weight is 527 g/mol. The second-order valence-corrected chi connectivity index (χ2v) is 8.66. The van der Waals surface area contributed by atoms with Crippen molar-refractivity contribution in [2.24, 2.45) is 5.73 Å². The molecule has 3 aromatic rings. The van der Waals surface area contributed by atoms with Crippen LogP contribution in [0.25, 0.3) is 0 Å². The number of ether oxygens (including phenoxy) is 2. The predicted molar refractivity (Wildman–Crippen MR) is 147 cm³/mol. The van der Waals surface area contributed by atoms with Crippen LogP contribution in [0.2, 0.25) is 0 Å². The first-order valence-corrected chi connectivity index (χ1v) is 12.8. The van der Waals surface area contributed by atoms with Crippen molar-refractivity contribution in [1.29, 1.82) is 0 Å². The highest BCUT2D eigenvalue weighted by Gasteiger charge is 2.09. The minimum absolute atomic E-state index is 0.159. The smallest absolute Gasteiger partial charge is 0.251 e. The number of rotatable bonds is 18. The lowest BCUT2D eigenvalue weighted by atomic mass is 10.2. The van der Waals surface area contributed by atoms with Crippen LogP contribution < -0.4 is 27.0 Å². The topological polar surface area (TPSA) is 166 Å². The standard InChI is InChI=1S/C25H38N10O3/c1-19(2)30-24-32-23(29-9-3-12-35-13-10-27-18-35)33-25(34-24)31-21-6-4-20(5-7-21)22(36)28-11-15-38-17-16-37-14-8-26/h4-7,10,13,18-19H,3,8-9,11-12,14-17,26H2,1-2H3,(H,28,36)(H3,29,30,31,32,33,34). The van der Waals surface area contributed by atoms with E-state index in [0.29, 0.717) is 69.5 Å². The molecule has 13 heteroatoms. The zero-order valence-electron chi connectivity index (χ0n) is 22.0. The monoisotopic (exact) mass is 526 g/mol. The summed E-state index contributed by atoms with van der Waals surface area (Å²) in [7, 11) is 0. The highest BCUT2D eigenvalue weighted by atomic mass is 16.5. The lowest BCUT2D eigenvalue weighted by Crippen LogP contribution is -2.27. The molecule has 0 saturated carbocycles. The lowest BCUT2D eigenvalue weighted by Gasteiger charge is -2.13. The third-order valence-electron chi connectivity index (χ3n) is 5.06. The molecule has 0 fully saturated rings. The van der Waals surface area contributed by atoms with Gasteiger partial charge in [-0.25, -0.2) is 4.98 Å². The van der Waals surface area contributed by atoms with Crippen molar-refractivity contribution >= 4 is 29.4 Å². The summed E-state index contributed by atoms with van der Waals surface area (Å²) in [6.45, 7) is 8.34. The van der Waals surface area contributed by atoms with Gasteiger partial charge in [-0.2, -0.15) is 15.0 Å². The number of benzene rings is 1. The molecule has 0 unspecified atom stereocenters. The van der Waals surface area contributed by atoms with Crippen LogP contribution >= 0.6 is 0 Å². The normalized spacial score (nSPS) is 10.9. The van der Waals surface area contributed by atoms with Crippen molar-refractivity contribution in [3.63, 3.8) is 0 Å². The van der Waals surface area contributed by atoms with E-state index in [-0.39, 0.29) is 11.9 Å². The van der Waals surface area contributed by atoms with Gasteiger partial charge in [0, 0.05) is 55.9 Å².